The van der Waals surface area contributed by atoms with Gasteiger partial charge in [0.25, 0.3) is 5.91 Å². The van der Waals surface area contributed by atoms with Crippen LogP contribution in [0, 0.1) is 11.7 Å². The number of amides is 1. The molecule has 0 atom stereocenters. The fourth-order valence-corrected chi connectivity index (χ4v) is 3.23. The smallest absolute Gasteiger partial charge is 0.272 e. The van der Waals surface area contributed by atoms with Crippen molar-refractivity contribution in [1.29, 1.82) is 0 Å². The Morgan fingerprint density at radius 1 is 1.19 bits per heavy atom. The van der Waals surface area contributed by atoms with Gasteiger partial charge in [-0.05, 0) is 55.2 Å². The number of benzene rings is 1. The highest BCUT2D eigenvalue weighted by Gasteiger charge is 2.26. The van der Waals surface area contributed by atoms with Crippen molar-refractivity contribution in [3.05, 3.63) is 60.2 Å². The highest BCUT2D eigenvalue weighted by atomic mass is 19.1. The van der Waals surface area contributed by atoms with Crippen LogP contribution in [0.1, 0.15) is 30.3 Å². The van der Waals surface area contributed by atoms with Crippen LogP contribution in [0.4, 0.5) is 4.39 Å². The second kappa shape index (κ2) is 6.78. The average molecular weight is 353 g/mol. The van der Waals surface area contributed by atoms with E-state index in [0.29, 0.717) is 28.8 Å². The minimum absolute atomic E-state index is 0.0634. The maximum Gasteiger partial charge on any atom is 0.272 e. The quantitative estimate of drug-likeness (QED) is 0.711. The Hall–Kier alpha value is -2.89. The van der Waals surface area contributed by atoms with E-state index in [9.17, 15) is 9.18 Å². The summed E-state index contributed by atoms with van der Waals surface area (Å²) < 4.78 is 20.3. The molecule has 6 heteroatoms. The van der Waals surface area contributed by atoms with Gasteiger partial charge in [0.15, 0.2) is 5.76 Å². The van der Waals surface area contributed by atoms with E-state index in [4.69, 9.17) is 4.42 Å². The minimum Gasteiger partial charge on any atom is -0.463 e. The first-order chi connectivity index (χ1) is 12.6. The van der Waals surface area contributed by atoms with E-state index < -0.39 is 0 Å². The third-order valence-corrected chi connectivity index (χ3v) is 4.84. The number of nitrogens with zero attached hydrogens (tertiary/aromatic N) is 3. The summed E-state index contributed by atoms with van der Waals surface area (Å²) in [5.41, 5.74) is 1.67. The highest BCUT2D eigenvalue weighted by molar-refractivity contribution is 5.94. The number of furan rings is 1. The largest absolute Gasteiger partial charge is 0.463 e. The molecule has 0 N–H and O–H groups in total. The lowest BCUT2D eigenvalue weighted by molar-refractivity contribution is 0.0688. The van der Waals surface area contributed by atoms with E-state index in [1.54, 1.807) is 41.3 Å². The second-order valence-electron chi connectivity index (χ2n) is 6.76. The standard InChI is InChI=1S/C20H20FN3O2/c1-14-8-10-23(11-9-14)20(25)18-13-17(19-3-2-12-26-19)22-24(18)16-6-4-15(21)5-7-16/h2-7,12-14H,8-11H2,1H3. The molecule has 0 spiro atoms. The van der Waals surface area contributed by atoms with Gasteiger partial charge in [0.2, 0.25) is 0 Å². The Morgan fingerprint density at radius 2 is 1.92 bits per heavy atom. The lowest BCUT2D eigenvalue weighted by Gasteiger charge is -2.30. The van der Waals surface area contributed by atoms with E-state index >= 15 is 0 Å². The van der Waals surface area contributed by atoms with Crippen LogP contribution >= 0.6 is 0 Å². The monoisotopic (exact) mass is 353 g/mol. The van der Waals surface area contributed by atoms with E-state index in [1.807, 2.05) is 4.90 Å². The van der Waals surface area contributed by atoms with Crippen molar-refractivity contribution in [3.8, 4) is 17.1 Å². The van der Waals surface area contributed by atoms with Gasteiger partial charge in [0.05, 0.1) is 12.0 Å². The molecule has 2 aromatic heterocycles. The minimum atomic E-state index is -0.329. The number of halogens is 1. The Balaban J connectivity index is 1.74. The third-order valence-electron chi connectivity index (χ3n) is 4.84. The molecule has 4 rings (SSSR count). The molecule has 1 aliphatic rings. The van der Waals surface area contributed by atoms with Crippen molar-refractivity contribution in [1.82, 2.24) is 14.7 Å². The summed E-state index contributed by atoms with van der Waals surface area (Å²) in [4.78, 5) is 15.0. The maximum atomic E-state index is 13.3. The van der Waals surface area contributed by atoms with Crippen molar-refractivity contribution in [2.75, 3.05) is 13.1 Å². The van der Waals surface area contributed by atoms with Crippen LogP contribution in [-0.4, -0.2) is 33.7 Å². The van der Waals surface area contributed by atoms with Crippen LogP contribution in [0.2, 0.25) is 0 Å². The fraction of sp³-hybridized carbons (Fsp3) is 0.300. The number of likely N-dealkylation sites (tertiary alicyclic amines) is 1. The van der Waals surface area contributed by atoms with Crippen LogP contribution in [0.5, 0.6) is 0 Å². The molecule has 3 aromatic rings. The first-order valence-corrected chi connectivity index (χ1v) is 8.81. The number of carbonyl (C=O) groups excluding carboxylic acids is 1. The molecule has 1 fully saturated rings. The fourth-order valence-electron chi connectivity index (χ4n) is 3.23. The van der Waals surface area contributed by atoms with Crippen LogP contribution in [-0.2, 0) is 0 Å². The molecule has 0 unspecified atom stereocenters. The predicted octanol–water partition coefficient (Wildman–Crippen LogP) is 4.14. The van der Waals surface area contributed by atoms with Gasteiger partial charge in [-0.2, -0.15) is 5.10 Å². The summed E-state index contributed by atoms with van der Waals surface area (Å²) in [5.74, 6) is 0.837. The van der Waals surface area contributed by atoms with Gasteiger partial charge in [-0.25, -0.2) is 9.07 Å². The van der Waals surface area contributed by atoms with Gasteiger partial charge in [0, 0.05) is 19.2 Å². The topological polar surface area (TPSA) is 51.3 Å². The summed E-state index contributed by atoms with van der Waals surface area (Å²) in [6.07, 6.45) is 3.57. The molecular weight excluding hydrogens is 333 g/mol. The van der Waals surface area contributed by atoms with Gasteiger partial charge in [-0.15, -0.1) is 0 Å². The SMILES string of the molecule is CC1CCN(C(=O)c2cc(-c3ccco3)nn2-c2ccc(F)cc2)CC1. The van der Waals surface area contributed by atoms with Gasteiger partial charge in [-0.1, -0.05) is 6.92 Å². The van der Waals surface area contributed by atoms with Crippen molar-refractivity contribution in [3.63, 3.8) is 0 Å². The molecule has 0 saturated carbocycles. The summed E-state index contributed by atoms with van der Waals surface area (Å²) in [6, 6.07) is 11.3. The number of hydrogen-bond donors (Lipinski definition) is 0. The van der Waals surface area contributed by atoms with Crippen LogP contribution in [0.15, 0.2) is 53.1 Å². The molecule has 1 aromatic carbocycles. The summed E-state index contributed by atoms with van der Waals surface area (Å²) in [6.45, 7) is 3.69. The number of carbonyl (C=O) groups is 1. The molecule has 0 radical (unpaired) electrons. The van der Waals surface area contributed by atoms with Crippen molar-refractivity contribution >= 4 is 5.91 Å². The Morgan fingerprint density at radius 3 is 2.58 bits per heavy atom. The van der Waals surface area contributed by atoms with Crippen LogP contribution < -0.4 is 0 Å². The lowest BCUT2D eigenvalue weighted by atomic mass is 9.99. The Labute approximate surface area is 151 Å². The van der Waals surface area contributed by atoms with E-state index in [-0.39, 0.29) is 11.7 Å². The zero-order chi connectivity index (χ0) is 18.1. The second-order valence-corrected chi connectivity index (χ2v) is 6.76. The molecule has 1 amide bonds. The number of aromatic nitrogens is 2. The summed E-state index contributed by atoms with van der Waals surface area (Å²) in [5, 5.41) is 4.54. The molecule has 3 heterocycles. The molecule has 0 aliphatic carbocycles. The average Bonchev–Trinajstić information content (AvgIpc) is 3.32. The van der Waals surface area contributed by atoms with Crippen LogP contribution in [0.3, 0.4) is 0 Å². The molecule has 1 saturated heterocycles. The van der Waals surface area contributed by atoms with Crippen molar-refractivity contribution < 1.29 is 13.6 Å². The van der Waals surface area contributed by atoms with Crippen LogP contribution in [0.25, 0.3) is 17.1 Å². The van der Waals surface area contributed by atoms with Gasteiger partial charge < -0.3 is 9.32 Å². The molecule has 134 valence electrons. The molecule has 1 aliphatic heterocycles. The van der Waals surface area contributed by atoms with Gasteiger partial charge in [-0.3, -0.25) is 4.79 Å². The van der Waals surface area contributed by atoms with Gasteiger partial charge in [0.1, 0.15) is 17.2 Å². The molecule has 26 heavy (non-hydrogen) atoms. The maximum absolute atomic E-state index is 13.3. The Bertz CT molecular complexity index is 892. The number of piperidine rings is 1. The number of rotatable bonds is 3. The normalized spacial score (nSPS) is 15.4. The first-order valence-electron chi connectivity index (χ1n) is 8.81. The summed E-state index contributed by atoms with van der Waals surface area (Å²) >= 11 is 0. The van der Waals surface area contributed by atoms with E-state index in [1.165, 1.54) is 12.1 Å². The van der Waals surface area contributed by atoms with Gasteiger partial charge >= 0.3 is 0 Å². The van der Waals surface area contributed by atoms with Crippen molar-refractivity contribution in [2.45, 2.75) is 19.8 Å². The zero-order valence-corrected chi connectivity index (χ0v) is 14.6. The third kappa shape index (κ3) is 3.14. The molecule has 0 bridgehead atoms. The van der Waals surface area contributed by atoms with Crippen molar-refractivity contribution in [2.24, 2.45) is 5.92 Å². The number of hydrogen-bond acceptors (Lipinski definition) is 3. The first kappa shape index (κ1) is 16.6. The zero-order valence-electron chi connectivity index (χ0n) is 14.6. The van der Waals surface area contributed by atoms with E-state index in [2.05, 4.69) is 12.0 Å². The lowest BCUT2D eigenvalue weighted by Crippen LogP contribution is -2.38. The molecular formula is C20H20FN3O2. The summed E-state index contributed by atoms with van der Waals surface area (Å²) in [7, 11) is 0. The Kier molecular flexibility index (Phi) is 4.32. The highest BCUT2D eigenvalue weighted by Crippen LogP contribution is 2.25. The van der Waals surface area contributed by atoms with E-state index in [0.717, 1.165) is 25.9 Å². The predicted molar refractivity (Wildman–Crippen MR) is 95.5 cm³/mol. The molecule has 5 nitrogen and oxygen atoms in total.